The minimum absolute atomic E-state index is 0.541. The number of hydrogen-bond donors (Lipinski definition) is 4. The van der Waals surface area contributed by atoms with Crippen LogP contribution in [0.15, 0.2) is 36.5 Å². The molecule has 0 fully saturated rings. The predicted molar refractivity (Wildman–Crippen MR) is 101 cm³/mol. The van der Waals surface area contributed by atoms with Crippen molar-refractivity contribution in [1.29, 1.82) is 0 Å². The highest BCUT2D eigenvalue weighted by Crippen LogP contribution is 2.20. The summed E-state index contributed by atoms with van der Waals surface area (Å²) >= 11 is -2.36. The Morgan fingerprint density at radius 3 is 2.35 bits per heavy atom. The lowest BCUT2D eigenvalue weighted by Crippen LogP contribution is -2.01. The van der Waals surface area contributed by atoms with Crippen LogP contribution in [0.4, 0.5) is 23.3 Å². The molecule has 0 spiro atoms. The van der Waals surface area contributed by atoms with Crippen molar-refractivity contribution in [3.05, 3.63) is 53.3 Å². The summed E-state index contributed by atoms with van der Waals surface area (Å²) in [7, 11) is 0. The molecule has 1 unspecified atom stereocenters. The Morgan fingerprint density at radius 2 is 1.77 bits per heavy atom. The molecule has 138 valence electrons. The van der Waals surface area contributed by atoms with Gasteiger partial charge in [-0.15, -0.1) is 0 Å². The molecule has 3 rings (SSSR count). The van der Waals surface area contributed by atoms with Crippen LogP contribution in [-0.4, -0.2) is 28.9 Å². The number of anilines is 4. The maximum Gasteiger partial charge on any atom is 0.229 e. The summed E-state index contributed by atoms with van der Waals surface area (Å²) in [5.74, 6) is 2.01. The number of aryl methyl sites for hydroxylation is 2. The van der Waals surface area contributed by atoms with E-state index >= 15 is 0 Å². The van der Waals surface area contributed by atoms with Crippen molar-refractivity contribution in [3.63, 3.8) is 0 Å². The van der Waals surface area contributed by atoms with Gasteiger partial charge in [0.2, 0.25) is 5.95 Å². The van der Waals surface area contributed by atoms with E-state index in [0.717, 1.165) is 22.8 Å². The van der Waals surface area contributed by atoms with Gasteiger partial charge in [-0.1, -0.05) is 17.7 Å². The van der Waals surface area contributed by atoms with Gasteiger partial charge in [-0.2, -0.15) is 10.1 Å². The van der Waals surface area contributed by atoms with Gasteiger partial charge in [0.15, 0.2) is 5.82 Å². The van der Waals surface area contributed by atoms with Crippen molar-refractivity contribution in [2.24, 2.45) is 5.14 Å². The molecule has 9 nitrogen and oxygen atoms in total. The first kappa shape index (κ1) is 19.5. The molecule has 0 saturated heterocycles. The zero-order chi connectivity index (χ0) is 19.1. The van der Waals surface area contributed by atoms with Crippen molar-refractivity contribution < 1.29 is 8.76 Å². The number of H-pyrrole nitrogens is 1. The summed E-state index contributed by atoms with van der Waals surface area (Å²) in [6, 6.07) is 9.89. The van der Waals surface area contributed by atoms with E-state index in [1.54, 1.807) is 6.20 Å². The molecule has 3 aromatic rings. The lowest BCUT2D eigenvalue weighted by atomic mass is 10.2. The van der Waals surface area contributed by atoms with Crippen LogP contribution in [0.5, 0.6) is 0 Å². The molecular formula is C16H20N7O2S-. The minimum Gasteiger partial charge on any atom is -0.760 e. The van der Waals surface area contributed by atoms with Gasteiger partial charge in [0, 0.05) is 34.4 Å². The van der Waals surface area contributed by atoms with Gasteiger partial charge in [0.25, 0.3) is 0 Å². The molecule has 0 aliphatic carbocycles. The van der Waals surface area contributed by atoms with E-state index in [4.69, 9.17) is 8.76 Å². The number of nitrogens with one attached hydrogen (secondary N) is 3. The van der Waals surface area contributed by atoms with E-state index in [9.17, 15) is 0 Å². The molecule has 0 saturated carbocycles. The summed E-state index contributed by atoms with van der Waals surface area (Å²) in [6.07, 6.45) is 1.71. The molecule has 0 aliphatic heterocycles. The second-order valence-electron chi connectivity index (χ2n) is 5.46. The highest BCUT2D eigenvalue weighted by molar-refractivity contribution is 7.76. The molecule has 10 heteroatoms. The Labute approximate surface area is 153 Å². The van der Waals surface area contributed by atoms with Gasteiger partial charge in [-0.25, -0.2) is 4.98 Å². The maximum absolute atomic E-state index is 8.78. The largest absolute Gasteiger partial charge is 0.760 e. The monoisotopic (exact) mass is 374 g/mol. The van der Waals surface area contributed by atoms with Crippen LogP contribution >= 0.6 is 0 Å². The van der Waals surface area contributed by atoms with E-state index < -0.39 is 11.3 Å². The first-order valence-corrected chi connectivity index (χ1v) is 8.78. The van der Waals surface area contributed by atoms with Gasteiger partial charge in [-0.05, 0) is 39.0 Å². The minimum atomic E-state index is -2.36. The molecule has 0 bridgehead atoms. The van der Waals surface area contributed by atoms with Crippen LogP contribution in [0.25, 0.3) is 0 Å². The van der Waals surface area contributed by atoms with Crippen LogP contribution < -0.4 is 15.8 Å². The molecule has 0 radical (unpaired) electrons. The van der Waals surface area contributed by atoms with Crippen LogP contribution in [0.2, 0.25) is 0 Å². The number of rotatable bonds is 4. The molecule has 1 atom stereocenters. The lowest BCUT2D eigenvalue weighted by molar-refractivity contribution is 0.539. The fraction of sp³-hybridized carbons (Fsp3) is 0.188. The average Bonchev–Trinajstić information content (AvgIpc) is 2.89. The van der Waals surface area contributed by atoms with Crippen LogP contribution in [0.3, 0.4) is 0 Å². The standard InChI is InChI=1S/C16H18N6.H3NO2S/c1-10-4-6-13(7-5-10)18-16-17-9-8-14(20-16)19-15-11(2)12(3)21-22-15;1-4(2)3/h4-9H,1-3H3,(H3,17,18,19,20,21,22);1H2,(H,2,3)/p-1. The van der Waals surface area contributed by atoms with E-state index in [0.29, 0.717) is 11.8 Å². The van der Waals surface area contributed by atoms with Gasteiger partial charge >= 0.3 is 0 Å². The molecule has 0 aliphatic rings. The summed E-state index contributed by atoms with van der Waals surface area (Å²) in [5, 5.41) is 17.6. The van der Waals surface area contributed by atoms with Crippen molar-refractivity contribution in [2.75, 3.05) is 10.6 Å². The topological polar surface area (TPSA) is 145 Å². The van der Waals surface area contributed by atoms with E-state index in [2.05, 4.69) is 42.9 Å². The third-order valence-corrected chi connectivity index (χ3v) is 3.46. The number of aromatic amines is 1. The van der Waals surface area contributed by atoms with Crippen LogP contribution in [-0.2, 0) is 11.3 Å². The van der Waals surface area contributed by atoms with Gasteiger partial charge in [-0.3, -0.25) is 14.4 Å². The average molecular weight is 374 g/mol. The van der Waals surface area contributed by atoms with E-state index in [-0.39, 0.29) is 0 Å². The Hall–Kier alpha value is -2.82. The summed E-state index contributed by atoms with van der Waals surface area (Å²) < 4.78 is 17.6. The van der Waals surface area contributed by atoms with E-state index in [1.165, 1.54) is 5.56 Å². The molecule has 26 heavy (non-hydrogen) atoms. The summed E-state index contributed by atoms with van der Waals surface area (Å²) in [4.78, 5) is 8.68. The van der Waals surface area contributed by atoms with Crippen molar-refractivity contribution in [1.82, 2.24) is 20.2 Å². The Balaban J connectivity index is 0.000000552. The number of nitrogens with zero attached hydrogens (tertiary/aromatic N) is 3. The van der Waals surface area contributed by atoms with E-state index in [1.807, 2.05) is 44.2 Å². The van der Waals surface area contributed by atoms with Crippen molar-refractivity contribution in [3.8, 4) is 0 Å². The van der Waals surface area contributed by atoms with Crippen LogP contribution in [0.1, 0.15) is 16.8 Å². The number of aromatic nitrogens is 4. The second kappa shape index (κ2) is 9.04. The number of nitrogens with two attached hydrogens (primary N) is 1. The quantitative estimate of drug-likeness (QED) is 0.513. The van der Waals surface area contributed by atoms with Crippen molar-refractivity contribution >= 4 is 34.5 Å². The molecule has 1 aromatic carbocycles. The molecular weight excluding hydrogens is 354 g/mol. The zero-order valence-corrected chi connectivity index (χ0v) is 15.4. The highest BCUT2D eigenvalue weighted by Gasteiger charge is 2.07. The maximum atomic E-state index is 8.78. The first-order chi connectivity index (χ1) is 12.3. The summed E-state index contributed by atoms with van der Waals surface area (Å²) in [6.45, 7) is 6.05. The third-order valence-electron chi connectivity index (χ3n) is 3.46. The fourth-order valence-corrected chi connectivity index (χ4v) is 1.98. The van der Waals surface area contributed by atoms with Gasteiger partial charge in [0.1, 0.15) is 5.82 Å². The fourth-order valence-electron chi connectivity index (χ4n) is 1.98. The molecule has 0 amide bonds. The normalized spacial score (nSPS) is 11.3. The summed E-state index contributed by atoms with van der Waals surface area (Å²) in [5.41, 5.74) is 4.28. The smallest absolute Gasteiger partial charge is 0.229 e. The number of benzene rings is 1. The lowest BCUT2D eigenvalue weighted by Gasteiger charge is -2.07. The third kappa shape index (κ3) is 5.92. The second-order valence-corrected chi connectivity index (χ2v) is 5.99. The Morgan fingerprint density at radius 1 is 1.12 bits per heavy atom. The molecule has 2 heterocycles. The molecule has 2 aromatic heterocycles. The zero-order valence-electron chi connectivity index (χ0n) is 14.6. The SMILES string of the molecule is Cc1ccc(Nc2nccc(Nc3n[nH]c(C)c3C)n2)cc1.NS(=O)[O-]. The first-order valence-electron chi connectivity index (χ1n) is 7.64. The van der Waals surface area contributed by atoms with Crippen LogP contribution in [0, 0.1) is 20.8 Å². The van der Waals surface area contributed by atoms with Gasteiger partial charge < -0.3 is 15.2 Å². The molecule has 5 N–H and O–H groups in total. The van der Waals surface area contributed by atoms with Gasteiger partial charge in [0.05, 0.1) is 0 Å². The predicted octanol–water partition coefficient (Wildman–Crippen LogP) is 2.35. The van der Waals surface area contributed by atoms with Crippen molar-refractivity contribution in [2.45, 2.75) is 20.8 Å². The highest BCUT2D eigenvalue weighted by atomic mass is 32.2. The Kier molecular flexibility index (Phi) is 6.78. The Bertz CT molecular complexity index is 877. The number of hydrogen-bond acceptors (Lipinski definition) is 7.